The molecule has 0 fully saturated rings. The van der Waals surface area contributed by atoms with E-state index in [-0.39, 0.29) is 23.6 Å². The molecule has 0 saturated heterocycles. The van der Waals surface area contributed by atoms with Crippen LogP contribution in [0.1, 0.15) is 10.4 Å². The van der Waals surface area contributed by atoms with Gasteiger partial charge in [0.25, 0.3) is 0 Å². The molecule has 1 unspecified atom stereocenters. The Hall–Kier alpha value is -0.750. The number of methoxy groups -OCH3 is 1. The Morgan fingerprint density at radius 1 is 1.48 bits per heavy atom. The smallest absolute Gasteiger partial charge is 0.336 e. The van der Waals surface area contributed by atoms with Crippen LogP contribution in [0.15, 0.2) is 23.1 Å². The number of carbonyl (C=O) groups is 1. The summed E-state index contributed by atoms with van der Waals surface area (Å²) >= 11 is 1.82. The van der Waals surface area contributed by atoms with Gasteiger partial charge in [0.1, 0.15) is 0 Å². The maximum Gasteiger partial charge on any atom is 0.336 e. The Morgan fingerprint density at radius 3 is 2.62 bits per heavy atom. The second kappa shape index (κ2) is 7.49. The van der Waals surface area contributed by atoms with E-state index >= 15 is 0 Å². The molecular formula is C12H16INO6S. The molecule has 0 aromatic heterocycles. The Balaban J connectivity index is 3.07. The first-order valence-corrected chi connectivity index (χ1v) is 8.38. The summed E-state index contributed by atoms with van der Waals surface area (Å²) in [5.41, 5.74) is -0.0810. The molecule has 0 saturated carbocycles. The lowest BCUT2D eigenvalue weighted by Gasteiger charge is -2.20. The molecule has 9 heteroatoms. The number of hydrogen-bond donors (Lipinski definition) is 2. The lowest BCUT2D eigenvalue weighted by molar-refractivity contribution is 0.0554. The number of carboxylic acids is 1. The van der Waals surface area contributed by atoms with E-state index in [1.54, 1.807) is 0 Å². The van der Waals surface area contributed by atoms with Crippen LogP contribution in [0.25, 0.3) is 0 Å². The first-order chi connectivity index (χ1) is 9.70. The lowest BCUT2D eigenvalue weighted by Crippen LogP contribution is -2.36. The largest absolute Gasteiger partial charge is 0.478 e. The quantitative estimate of drug-likeness (QED) is 0.616. The summed E-state index contributed by atoms with van der Waals surface area (Å²) in [6.07, 6.45) is -0.961. The van der Waals surface area contributed by atoms with Crippen molar-refractivity contribution in [3.63, 3.8) is 0 Å². The van der Waals surface area contributed by atoms with Crippen LogP contribution >= 0.6 is 22.6 Å². The van der Waals surface area contributed by atoms with Crippen LogP contribution in [0.4, 0.5) is 0 Å². The molecule has 0 aliphatic heterocycles. The van der Waals surface area contributed by atoms with Gasteiger partial charge in [0, 0.05) is 24.3 Å². The van der Waals surface area contributed by atoms with Crippen molar-refractivity contribution in [1.29, 1.82) is 0 Å². The van der Waals surface area contributed by atoms with Crippen molar-refractivity contribution in [2.75, 3.05) is 27.3 Å². The molecule has 1 aromatic carbocycles. The van der Waals surface area contributed by atoms with Gasteiger partial charge in [-0.3, -0.25) is 0 Å². The molecule has 0 aliphatic rings. The number of ether oxygens (including phenoxy) is 1. The van der Waals surface area contributed by atoms with Gasteiger partial charge in [-0.25, -0.2) is 13.2 Å². The summed E-state index contributed by atoms with van der Waals surface area (Å²) < 4.78 is 30.8. The minimum absolute atomic E-state index is 0.00687. The first kappa shape index (κ1) is 18.3. The van der Waals surface area contributed by atoms with Gasteiger partial charge in [-0.2, -0.15) is 4.31 Å². The molecule has 2 N–H and O–H groups in total. The Labute approximate surface area is 136 Å². The van der Waals surface area contributed by atoms with Crippen molar-refractivity contribution in [3.8, 4) is 0 Å². The van der Waals surface area contributed by atoms with Crippen LogP contribution in [-0.2, 0) is 14.8 Å². The van der Waals surface area contributed by atoms with E-state index in [1.165, 1.54) is 26.3 Å². The number of aliphatic hydroxyl groups excluding tert-OH is 1. The molecule has 0 radical (unpaired) electrons. The number of hydrogen-bond acceptors (Lipinski definition) is 5. The predicted molar refractivity (Wildman–Crippen MR) is 83.8 cm³/mol. The number of sulfonamides is 1. The highest BCUT2D eigenvalue weighted by Gasteiger charge is 2.24. The van der Waals surface area contributed by atoms with Crippen LogP contribution in [0.5, 0.6) is 0 Å². The number of aliphatic hydroxyl groups is 1. The van der Waals surface area contributed by atoms with E-state index in [1.807, 2.05) is 22.6 Å². The van der Waals surface area contributed by atoms with Crippen LogP contribution in [0, 0.1) is 3.57 Å². The average Bonchev–Trinajstić information content (AvgIpc) is 2.38. The summed E-state index contributed by atoms with van der Waals surface area (Å²) in [6.45, 7) is -0.141. The highest BCUT2D eigenvalue weighted by Crippen LogP contribution is 2.20. The number of likely N-dealkylation sites (N-methyl/N-ethyl adjacent to an activating group) is 1. The van der Waals surface area contributed by atoms with Gasteiger partial charge >= 0.3 is 5.97 Å². The zero-order valence-electron chi connectivity index (χ0n) is 11.5. The monoisotopic (exact) mass is 429 g/mol. The topological polar surface area (TPSA) is 104 Å². The van der Waals surface area contributed by atoms with Crippen LogP contribution < -0.4 is 0 Å². The van der Waals surface area contributed by atoms with Crippen molar-refractivity contribution in [1.82, 2.24) is 4.31 Å². The molecule has 0 amide bonds. The summed E-state index contributed by atoms with van der Waals surface area (Å²) in [7, 11) is -1.16. The van der Waals surface area contributed by atoms with Gasteiger partial charge in [0.05, 0.1) is 23.2 Å². The summed E-state index contributed by atoms with van der Waals surface area (Å²) in [5.74, 6) is -1.20. The minimum atomic E-state index is -3.87. The first-order valence-electron chi connectivity index (χ1n) is 5.86. The van der Waals surface area contributed by atoms with E-state index in [9.17, 15) is 18.3 Å². The van der Waals surface area contributed by atoms with Crippen LogP contribution in [-0.4, -0.2) is 62.3 Å². The molecular weight excluding hydrogens is 413 g/mol. The zero-order valence-corrected chi connectivity index (χ0v) is 14.5. The second-order valence-electron chi connectivity index (χ2n) is 4.34. The van der Waals surface area contributed by atoms with Gasteiger partial charge in [-0.05, 0) is 40.8 Å². The van der Waals surface area contributed by atoms with Gasteiger partial charge in [-0.15, -0.1) is 0 Å². The third-order valence-corrected chi connectivity index (χ3v) is 5.46. The molecule has 0 bridgehead atoms. The van der Waals surface area contributed by atoms with Crippen molar-refractivity contribution < 1.29 is 28.2 Å². The van der Waals surface area contributed by atoms with Gasteiger partial charge < -0.3 is 14.9 Å². The van der Waals surface area contributed by atoms with E-state index in [2.05, 4.69) is 0 Å². The van der Waals surface area contributed by atoms with Gasteiger partial charge in [-0.1, -0.05) is 0 Å². The Morgan fingerprint density at radius 2 is 2.10 bits per heavy atom. The van der Waals surface area contributed by atoms with E-state index in [4.69, 9.17) is 9.84 Å². The number of halogens is 1. The van der Waals surface area contributed by atoms with Crippen LogP contribution in [0.2, 0.25) is 0 Å². The molecule has 1 rings (SSSR count). The molecule has 21 heavy (non-hydrogen) atoms. The Bertz CT molecular complexity index is 618. The molecule has 1 aromatic rings. The van der Waals surface area contributed by atoms with E-state index in [0.717, 1.165) is 10.4 Å². The molecule has 0 spiro atoms. The van der Waals surface area contributed by atoms with Gasteiger partial charge in [0.15, 0.2) is 0 Å². The molecule has 0 heterocycles. The fourth-order valence-corrected chi connectivity index (χ4v) is 3.45. The van der Waals surface area contributed by atoms with Gasteiger partial charge in [0.2, 0.25) is 10.0 Å². The normalized spacial score (nSPS) is 13.4. The molecule has 118 valence electrons. The highest BCUT2D eigenvalue weighted by atomic mass is 127. The minimum Gasteiger partial charge on any atom is -0.478 e. The maximum absolute atomic E-state index is 12.3. The van der Waals surface area contributed by atoms with Crippen molar-refractivity contribution in [3.05, 3.63) is 27.3 Å². The summed E-state index contributed by atoms with van der Waals surface area (Å²) in [5, 5.41) is 18.6. The third-order valence-electron chi connectivity index (χ3n) is 2.70. The SMILES string of the molecule is COCC(O)CN(C)S(=O)(=O)c1ccc(I)c(C(=O)O)c1. The third kappa shape index (κ3) is 4.61. The van der Waals surface area contributed by atoms with Crippen LogP contribution in [0.3, 0.4) is 0 Å². The van der Waals surface area contributed by atoms with Crippen molar-refractivity contribution >= 4 is 38.6 Å². The fourth-order valence-electron chi connectivity index (χ4n) is 1.65. The van der Waals surface area contributed by atoms with Crippen molar-refractivity contribution in [2.24, 2.45) is 0 Å². The summed E-state index contributed by atoms with van der Waals surface area (Å²) in [4.78, 5) is 10.9. The number of nitrogens with zero attached hydrogens (tertiary/aromatic N) is 1. The Kier molecular flexibility index (Phi) is 6.53. The number of aromatic carboxylic acids is 1. The lowest BCUT2D eigenvalue weighted by atomic mass is 10.2. The molecule has 0 aliphatic carbocycles. The summed E-state index contributed by atoms with van der Waals surface area (Å²) in [6, 6.07) is 3.87. The number of rotatable bonds is 7. The number of benzene rings is 1. The van der Waals surface area contributed by atoms with E-state index < -0.39 is 22.1 Å². The second-order valence-corrected chi connectivity index (χ2v) is 7.55. The average molecular weight is 429 g/mol. The number of carboxylic acid groups (broad SMARTS) is 1. The standard InChI is InChI=1S/C12H16INO6S/c1-14(6-8(15)7-20-2)21(18,19)9-3-4-11(13)10(5-9)12(16)17/h3-5,8,15H,6-7H2,1-2H3,(H,16,17). The fraction of sp³-hybridized carbons (Fsp3) is 0.417. The van der Waals surface area contributed by atoms with Crippen molar-refractivity contribution in [2.45, 2.75) is 11.0 Å². The molecule has 1 atom stereocenters. The zero-order chi connectivity index (χ0) is 16.2. The predicted octanol–water partition coefficient (Wildman–Crippen LogP) is 0.617. The van der Waals surface area contributed by atoms with E-state index in [0.29, 0.717) is 3.57 Å². The maximum atomic E-state index is 12.3. The molecule has 7 nitrogen and oxygen atoms in total. The highest BCUT2D eigenvalue weighted by molar-refractivity contribution is 14.1.